The third-order valence-electron chi connectivity index (χ3n) is 5.93. The van der Waals surface area contributed by atoms with Gasteiger partial charge in [-0.25, -0.2) is 4.39 Å². The highest BCUT2D eigenvalue weighted by Crippen LogP contribution is 2.34. The van der Waals surface area contributed by atoms with Crippen LogP contribution in [-0.2, 0) is 0 Å². The number of hydrogen-bond acceptors (Lipinski definition) is 3. The minimum absolute atomic E-state index is 0.261. The van der Waals surface area contributed by atoms with Gasteiger partial charge >= 0.3 is 0 Å². The fraction of sp³-hybridized carbons (Fsp3) is 0.120. The summed E-state index contributed by atoms with van der Waals surface area (Å²) in [6, 6.07) is 15.1. The first kappa shape index (κ1) is 18.0. The Hall–Kier alpha value is -3.77. The first-order valence-corrected chi connectivity index (χ1v) is 10.4. The van der Waals surface area contributed by atoms with E-state index in [0.717, 1.165) is 63.8 Å². The zero-order valence-electron chi connectivity index (χ0n) is 16.7. The molecule has 3 aromatic heterocycles. The lowest BCUT2D eigenvalue weighted by Gasteiger charge is -2.14. The Morgan fingerprint density at radius 1 is 0.903 bits per heavy atom. The molecule has 2 aromatic carbocycles. The average molecular weight is 409 g/mol. The summed E-state index contributed by atoms with van der Waals surface area (Å²) in [6.45, 7) is 1.91. The number of rotatable bonds is 3. The molecule has 0 fully saturated rings. The maximum absolute atomic E-state index is 13.8. The SMILES string of the molecule is Fc1cccc(-c2cncc3[nH]c(-c4n[nH]c5ccc(C6=CCNCC6)cc45)cc23)c1. The molecule has 4 heterocycles. The van der Waals surface area contributed by atoms with Gasteiger partial charge < -0.3 is 10.3 Å². The van der Waals surface area contributed by atoms with Crippen LogP contribution in [0.4, 0.5) is 4.39 Å². The molecule has 0 atom stereocenters. The van der Waals surface area contributed by atoms with Crippen LogP contribution >= 0.6 is 0 Å². The van der Waals surface area contributed by atoms with Crippen LogP contribution < -0.4 is 5.32 Å². The molecule has 0 radical (unpaired) electrons. The highest BCUT2D eigenvalue weighted by Gasteiger charge is 2.15. The second kappa shape index (κ2) is 7.18. The molecule has 6 rings (SSSR count). The average Bonchev–Trinajstić information content (AvgIpc) is 3.43. The molecule has 5 aromatic rings. The number of nitrogens with zero attached hydrogens (tertiary/aromatic N) is 2. The van der Waals surface area contributed by atoms with Crippen LogP contribution in [0.2, 0.25) is 0 Å². The molecular formula is C25H20FN5. The second-order valence-corrected chi connectivity index (χ2v) is 7.86. The fourth-order valence-corrected chi connectivity index (χ4v) is 4.37. The highest BCUT2D eigenvalue weighted by molar-refractivity contribution is 6.01. The molecule has 0 bridgehead atoms. The van der Waals surface area contributed by atoms with E-state index in [1.165, 1.54) is 23.3 Å². The first-order chi connectivity index (χ1) is 15.3. The Labute approximate surface area is 178 Å². The number of H-pyrrole nitrogens is 2. The molecule has 1 aliphatic rings. The van der Waals surface area contributed by atoms with E-state index < -0.39 is 0 Å². The number of halogens is 1. The van der Waals surface area contributed by atoms with Gasteiger partial charge in [0, 0.05) is 29.1 Å². The largest absolute Gasteiger partial charge is 0.352 e. The van der Waals surface area contributed by atoms with E-state index in [9.17, 15) is 4.39 Å². The van der Waals surface area contributed by atoms with Crippen molar-refractivity contribution in [3.05, 3.63) is 78.4 Å². The molecule has 0 saturated carbocycles. The number of aromatic nitrogens is 4. The van der Waals surface area contributed by atoms with Gasteiger partial charge in [0.2, 0.25) is 0 Å². The van der Waals surface area contributed by atoms with E-state index in [1.54, 1.807) is 18.5 Å². The number of nitrogens with one attached hydrogen (secondary N) is 3. The van der Waals surface area contributed by atoms with Crippen LogP contribution in [0.15, 0.2) is 67.0 Å². The number of fused-ring (bicyclic) bond motifs is 2. The lowest BCUT2D eigenvalue weighted by atomic mass is 9.98. The summed E-state index contributed by atoms with van der Waals surface area (Å²) >= 11 is 0. The molecule has 6 heteroatoms. The number of aromatic amines is 2. The molecule has 3 N–H and O–H groups in total. The predicted molar refractivity (Wildman–Crippen MR) is 122 cm³/mol. The lowest BCUT2D eigenvalue weighted by Crippen LogP contribution is -2.19. The molecule has 5 nitrogen and oxygen atoms in total. The Morgan fingerprint density at radius 3 is 2.74 bits per heavy atom. The van der Waals surface area contributed by atoms with Crippen LogP contribution in [0.3, 0.4) is 0 Å². The lowest BCUT2D eigenvalue weighted by molar-refractivity contribution is 0.628. The van der Waals surface area contributed by atoms with Gasteiger partial charge in [0.1, 0.15) is 11.5 Å². The number of hydrogen-bond donors (Lipinski definition) is 3. The molecular weight excluding hydrogens is 389 g/mol. The second-order valence-electron chi connectivity index (χ2n) is 7.86. The van der Waals surface area contributed by atoms with Crippen LogP contribution in [0.25, 0.3) is 49.9 Å². The van der Waals surface area contributed by atoms with E-state index in [2.05, 4.69) is 55.8 Å². The summed E-state index contributed by atoms with van der Waals surface area (Å²) in [4.78, 5) is 7.81. The van der Waals surface area contributed by atoms with Gasteiger partial charge in [0.15, 0.2) is 0 Å². The summed E-state index contributed by atoms with van der Waals surface area (Å²) in [7, 11) is 0. The van der Waals surface area contributed by atoms with Crippen LogP contribution in [0, 0.1) is 5.82 Å². The Morgan fingerprint density at radius 2 is 1.87 bits per heavy atom. The smallest absolute Gasteiger partial charge is 0.123 e. The monoisotopic (exact) mass is 409 g/mol. The topological polar surface area (TPSA) is 69.4 Å². The van der Waals surface area contributed by atoms with Crippen molar-refractivity contribution in [1.29, 1.82) is 0 Å². The van der Waals surface area contributed by atoms with Crippen LogP contribution in [0.1, 0.15) is 12.0 Å². The molecule has 152 valence electrons. The van der Waals surface area contributed by atoms with Crippen molar-refractivity contribution < 1.29 is 4.39 Å². The molecule has 0 unspecified atom stereocenters. The summed E-state index contributed by atoms with van der Waals surface area (Å²) in [5.74, 6) is -0.261. The standard InChI is InChI=1S/C25H20FN5/c26-18-3-1-2-17(10-18)21-13-28-14-24-19(21)12-23(29-24)25-20-11-16(4-5-22(20)30-31-25)15-6-8-27-9-7-15/h1-6,10-14,27,29H,7-9H2,(H,30,31). The van der Waals surface area contributed by atoms with Crippen molar-refractivity contribution >= 4 is 27.4 Å². The molecule has 0 amide bonds. The van der Waals surface area contributed by atoms with Gasteiger partial charge in [-0.05, 0) is 60.0 Å². The normalized spacial score (nSPS) is 14.3. The van der Waals surface area contributed by atoms with Gasteiger partial charge in [-0.15, -0.1) is 0 Å². The zero-order valence-corrected chi connectivity index (χ0v) is 16.7. The summed E-state index contributed by atoms with van der Waals surface area (Å²) < 4.78 is 13.8. The van der Waals surface area contributed by atoms with Gasteiger partial charge in [-0.1, -0.05) is 24.3 Å². The van der Waals surface area contributed by atoms with Crippen molar-refractivity contribution in [1.82, 2.24) is 25.5 Å². The van der Waals surface area contributed by atoms with Crippen LogP contribution in [0.5, 0.6) is 0 Å². The molecule has 31 heavy (non-hydrogen) atoms. The molecule has 0 saturated heterocycles. The Bertz CT molecular complexity index is 1460. The van der Waals surface area contributed by atoms with Crippen molar-refractivity contribution in [3.63, 3.8) is 0 Å². The summed E-state index contributed by atoms with van der Waals surface area (Å²) in [5, 5.41) is 13.2. The van der Waals surface area contributed by atoms with Gasteiger partial charge in [0.05, 0.1) is 22.9 Å². The minimum Gasteiger partial charge on any atom is -0.352 e. The fourth-order valence-electron chi connectivity index (χ4n) is 4.37. The van der Waals surface area contributed by atoms with E-state index >= 15 is 0 Å². The number of pyridine rings is 1. The summed E-state index contributed by atoms with van der Waals surface area (Å²) in [5.41, 5.74) is 7.95. The van der Waals surface area contributed by atoms with Crippen molar-refractivity contribution in [2.24, 2.45) is 0 Å². The maximum Gasteiger partial charge on any atom is 0.123 e. The van der Waals surface area contributed by atoms with E-state index in [0.29, 0.717) is 0 Å². The van der Waals surface area contributed by atoms with Crippen molar-refractivity contribution in [2.75, 3.05) is 13.1 Å². The minimum atomic E-state index is -0.261. The van der Waals surface area contributed by atoms with Crippen LogP contribution in [-0.4, -0.2) is 33.3 Å². The van der Waals surface area contributed by atoms with Gasteiger partial charge in [-0.3, -0.25) is 10.1 Å². The predicted octanol–water partition coefficient (Wildman–Crippen LogP) is 5.29. The zero-order chi connectivity index (χ0) is 20.8. The molecule has 0 spiro atoms. The number of benzene rings is 2. The molecule has 1 aliphatic heterocycles. The van der Waals surface area contributed by atoms with Crippen molar-refractivity contribution in [3.8, 4) is 22.5 Å². The molecule has 0 aliphatic carbocycles. The Kier molecular flexibility index (Phi) is 4.18. The third-order valence-corrected chi connectivity index (χ3v) is 5.93. The van der Waals surface area contributed by atoms with Gasteiger partial charge in [-0.2, -0.15) is 5.10 Å². The van der Waals surface area contributed by atoms with Gasteiger partial charge in [0.25, 0.3) is 0 Å². The quantitative estimate of drug-likeness (QED) is 0.379. The van der Waals surface area contributed by atoms with E-state index in [4.69, 9.17) is 0 Å². The first-order valence-electron chi connectivity index (χ1n) is 10.4. The highest BCUT2D eigenvalue weighted by atomic mass is 19.1. The maximum atomic E-state index is 13.8. The summed E-state index contributed by atoms with van der Waals surface area (Å²) in [6.07, 6.45) is 6.85. The van der Waals surface area contributed by atoms with Crippen molar-refractivity contribution in [2.45, 2.75) is 6.42 Å². The third kappa shape index (κ3) is 3.12. The Balaban J connectivity index is 1.49. The van der Waals surface area contributed by atoms with E-state index in [-0.39, 0.29) is 5.82 Å². The van der Waals surface area contributed by atoms with E-state index in [1.807, 2.05) is 6.07 Å².